The van der Waals surface area contributed by atoms with Crippen molar-refractivity contribution in [3.05, 3.63) is 59.7 Å². The van der Waals surface area contributed by atoms with Crippen LogP contribution in [0.4, 0.5) is 26.3 Å². The second kappa shape index (κ2) is 6.03. The molecule has 0 saturated heterocycles. The van der Waals surface area contributed by atoms with Gasteiger partial charge in [0, 0.05) is 0 Å². The lowest BCUT2D eigenvalue weighted by molar-refractivity contribution is -0.138. The molecule has 0 unspecified atom stereocenters. The second-order valence-electron chi connectivity index (χ2n) is 4.73. The highest BCUT2D eigenvalue weighted by molar-refractivity contribution is 7.56. The molecule has 0 aliphatic carbocycles. The minimum atomic E-state index is -4.60. The van der Waals surface area contributed by atoms with Crippen molar-refractivity contribution in [2.75, 3.05) is 0 Å². The molecule has 23 heavy (non-hydrogen) atoms. The number of hydrogen-bond acceptors (Lipinski definition) is 0. The molecule has 2 rings (SSSR count). The van der Waals surface area contributed by atoms with Crippen molar-refractivity contribution in [2.24, 2.45) is 0 Å². The van der Waals surface area contributed by atoms with E-state index in [9.17, 15) is 26.3 Å². The topological polar surface area (TPSA) is 0 Å². The zero-order valence-electron chi connectivity index (χ0n) is 11.1. The quantitative estimate of drug-likeness (QED) is 0.395. The van der Waals surface area contributed by atoms with E-state index in [0.717, 1.165) is 36.4 Å². The van der Waals surface area contributed by atoms with Crippen LogP contribution < -0.4 is 10.4 Å². The normalized spacial score (nSPS) is 13.2. The SMILES string of the molecule is FC(F)(F)c1cccc([Si](Cl)(Cl)c2cccc(C(F)(F)F)c2)c1. The minimum Gasteiger partial charge on any atom is -0.166 e. The molecule has 0 saturated carbocycles. The lowest BCUT2D eigenvalue weighted by atomic mass is 10.2. The summed E-state index contributed by atoms with van der Waals surface area (Å²) in [6, 6.07) is 8.03. The molecule has 0 aromatic heterocycles. The molecule has 0 aliphatic rings. The van der Waals surface area contributed by atoms with Crippen molar-refractivity contribution in [2.45, 2.75) is 12.4 Å². The third-order valence-corrected chi connectivity index (χ3v) is 7.80. The monoisotopic (exact) mass is 388 g/mol. The maximum absolute atomic E-state index is 12.8. The van der Waals surface area contributed by atoms with E-state index in [1.54, 1.807) is 0 Å². The van der Waals surface area contributed by atoms with Crippen LogP contribution in [0.1, 0.15) is 11.1 Å². The summed E-state index contributed by atoms with van der Waals surface area (Å²) in [5, 5.41) is -0.0648. The van der Waals surface area contributed by atoms with Crippen LogP contribution in [0.15, 0.2) is 48.5 Å². The Balaban J connectivity index is 2.51. The predicted octanol–water partition coefficient (Wildman–Crippen LogP) is 4.76. The smallest absolute Gasteiger partial charge is 0.166 e. The van der Waals surface area contributed by atoms with E-state index >= 15 is 0 Å². The van der Waals surface area contributed by atoms with Gasteiger partial charge in [0.05, 0.1) is 11.1 Å². The maximum Gasteiger partial charge on any atom is 0.416 e. The molecular formula is C14H8Cl2F6Si. The summed E-state index contributed by atoms with van der Waals surface area (Å²) in [5.74, 6) is 0. The van der Waals surface area contributed by atoms with Crippen molar-refractivity contribution in [3.8, 4) is 0 Å². The van der Waals surface area contributed by atoms with Crippen molar-refractivity contribution < 1.29 is 26.3 Å². The van der Waals surface area contributed by atoms with Crippen molar-refractivity contribution in [1.29, 1.82) is 0 Å². The summed E-state index contributed by atoms with van der Waals surface area (Å²) in [6.07, 6.45) is -9.19. The number of alkyl halides is 6. The number of hydrogen-bond donors (Lipinski definition) is 0. The van der Waals surface area contributed by atoms with E-state index in [-0.39, 0.29) is 10.4 Å². The average molecular weight is 389 g/mol. The van der Waals surface area contributed by atoms with E-state index in [1.807, 2.05) is 0 Å². The lowest BCUT2D eigenvalue weighted by Gasteiger charge is -2.20. The highest BCUT2D eigenvalue weighted by atomic mass is 35.7. The molecule has 2 aromatic rings. The van der Waals surface area contributed by atoms with Gasteiger partial charge in [-0.25, -0.2) is 0 Å². The van der Waals surface area contributed by atoms with Gasteiger partial charge in [0.2, 0.25) is 0 Å². The van der Waals surface area contributed by atoms with E-state index < -0.39 is 30.2 Å². The van der Waals surface area contributed by atoms with Gasteiger partial charge in [0.25, 0.3) is 0 Å². The Morgan fingerprint density at radius 3 is 1.30 bits per heavy atom. The molecule has 0 fully saturated rings. The molecule has 9 heteroatoms. The largest absolute Gasteiger partial charge is 0.416 e. The van der Waals surface area contributed by atoms with Gasteiger partial charge in [-0.05, 0) is 22.5 Å². The van der Waals surface area contributed by atoms with Crippen molar-refractivity contribution in [1.82, 2.24) is 0 Å². The first-order valence-electron chi connectivity index (χ1n) is 6.15. The van der Waals surface area contributed by atoms with Gasteiger partial charge < -0.3 is 0 Å². The Morgan fingerprint density at radius 1 is 0.652 bits per heavy atom. The molecular weight excluding hydrogens is 381 g/mol. The number of halogens is 8. The van der Waals surface area contributed by atoms with Crippen LogP contribution in [-0.2, 0) is 12.4 Å². The molecule has 0 nitrogen and oxygen atoms in total. The molecule has 0 amide bonds. The van der Waals surface area contributed by atoms with Gasteiger partial charge in [-0.15, -0.1) is 22.2 Å². The Morgan fingerprint density at radius 2 is 1.00 bits per heavy atom. The first kappa shape index (κ1) is 18.2. The van der Waals surface area contributed by atoms with Crippen LogP contribution in [-0.4, -0.2) is 6.69 Å². The summed E-state index contributed by atoms with van der Waals surface area (Å²) in [6.45, 7) is -3.73. The second-order valence-corrected chi connectivity index (χ2v) is 11.0. The summed E-state index contributed by atoms with van der Waals surface area (Å²) < 4.78 is 76.6. The fourth-order valence-corrected chi connectivity index (χ4v) is 4.98. The van der Waals surface area contributed by atoms with Crippen LogP contribution in [0.25, 0.3) is 0 Å². The molecule has 0 aliphatic heterocycles. The van der Waals surface area contributed by atoms with Crippen LogP contribution in [0.2, 0.25) is 0 Å². The molecule has 124 valence electrons. The summed E-state index contributed by atoms with van der Waals surface area (Å²) in [5.41, 5.74) is -1.92. The van der Waals surface area contributed by atoms with Crippen molar-refractivity contribution in [3.63, 3.8) is 0 Å². The van der Waals surface area contributed by atoms with Crippen molar-refractivity contribution >= 4 is 39.2 Å². The van der Waals surface area contributed by atoms with Gasteiger partial charge >= 0.3 is 19.0 Å². The zero-order valence-corrected chi connectivity index (χ0v) is 13.7. The number of rotatable bonds is 2. The van der Waals surface area contributed by atoms with Crippen LogP contribution in [0.3, 0.4) is 0 Å². The van der Waals surface area contributed by atoms with E-state index in [4.69, 9.17) is 22.2 Å². The summed E-state index contributed by atoms with van der Waals surface area (Å²) in [4.78, 5) is 0. The van der Waals surface area contributed by atoms with Crippen LogP contribution in [0, 0.1) is 0 Å². The molecule has 0 atom stereocenters. The fourth-order valence-electron chi connectivity index (χ4n) is 1.95. The molecule has 2 aromatic carbocycles. The fraction of sp³-hybridized carbons (Fsp3) is 0.143. The molecule has 0 heterocycles. The Kier molecular flexibility index (Phi) is 4.76. The lowest BCUT2D eigenvalue weighted by Crippen LogP contribution is -2.49. The first-order valence-corrected chi connectivity index (χ1v) is 10.2. The standard InChI is InChI=1S/C14H8Cl2F6Si/c15-23(16,11-5-1-3-9(7-11)13(17,18)19)12-6-2-4-10(8-12)14(20,21)22/h1-8H. The molecule has 0 radical (unpaired) electrons. The van der Waals surface area contributed by atoms with Gasteiger partial charge in [-0.2, -0.15) is 26.3 Å². The average Bonchev–Trinajstić information content (AvgIpc) is 2.46. The first-order chi connectivity index (χ1) is 10.4. The van der Waals surface area contributed by atoms with Gasteiger partial charge in [-0.3, -0.25) is 0 Å². The van der Waals surface area contributed by atoms with E-state index in [2.05, 4.69) is 0 Å². The maximum atomic E-state index is 12.8. The van der Waals surface area contributed by atoms with Gasteiger partial charge in [0.15, 0.2) is 0 Å². The van der Waals surface area contributed by atoms with E-state index in [1.165, 1.54) is 12.1 Å². The highest BCUT2D eigenvalue weighted by Gasteiger charge is 2.39. The van der Waals surface area contributed by atoms with Gasteiger partial charge in [-0.1, -0.05) is 36.4 Å². The summed E-state index contributed by atoms with van der Waals surface area (Å²) in [7, 11) is 0. The molecule has 0 spiro atoms. The van der Waals surface area contributed by atoms with Crippen LogP contribution in [0.5, 0.6) is 0 Å². The van der Waals surface area contributed by atoms with Crippen LogP contribution >= 0.6 is 22.2 Å². The summed E-state index contributed by atoms with van der Waals surface area (Å²) >= 11 is 12.4. The number of benzene rings is 2. The van der Waals surface area contributed by atoms with Gasteiger partial charge in [0.1, 0.15) is 0 Å². The molecule has 0 N–H and O–H groups in total. The Hall–Kier alpha value is -1.18. The minimum absolute atomic E-state index is 0.0324. The third kappa shape index (κ3) is 4.02. The molecule has 0 bridgehead atoms. The highest BCUT2D eigenvalue weighted by Crippen LogP contribution is 2.31. The zero-order chi connectivity index (χ0) is 17.5. The Labute approximate surface area is 138 Å². The predicted molar refractivity (Wildman–Crippen MR) is 79.6 cm³/mol. The Bertz CT molecular complexity index is 649. The third-order valence-electron chi connectivity index (χ3n) is 3.10. The van der Waals surface area contributed by atoms with E-state index in [0.29, 0.717) is 0 Å².